The Balaban J connectivity index is 5.02. The second kappa shape index (κ2) is 8.10. The molecular formula is C12H31O4PSi2. The molecule has 0 unspecified atom stereocenters. The Morgan fingerprint density at radius 2 is 0.947 bits per heavy atom. The fourth-order valence-electron chi connectivity index (χ4n) is 2.40. The number of hydrogen-bond acceptors (Lipinski definition) is 3. The van der Waals surface area contributed by atoms with Gasteiger partial charge in [-0.1, -0.05) is 41.5 Å². The highest BCUT2D eigenvalue weighted by Gasteiger charge is 2.43. The van der Waals surface area contributed by atoms with Crippen LogP contribution in [0, 0.1) is 0 Å². The van der Waals surface area contributed by atoms with Crippen LogP contribution in [0.4, 0.5) is 0 Å². The quantitative estimate of drug-likeness (QED) is 0.446. The second-order valence-corrected chi connectivity index (χ2v) is 16.5. The molecule has 19 heavy (non-hydrogen) atoms. The van der Waals surface area contributed by atoms with Crippen molar-refractivity contribution in [2.75, 3.05) is 0 Å². The average molecular weight is 327 g/mol. The van der Waals surface area contributed by atoms with Crippen LogP contribution >= 0.6 is 7.82 Å². The van der Waals surface area contributed by atoms with Crippen LogP contribution in [0.15, 0.2) is 0 Å². The molecule has 0 saturated heterocycles. The third-order valence-electron chi connectivity index (χ3n) is 4.48. The van der Waals surface area contributed by atoms with Crippen molar-refractivity contribution in [1.29, 1.82) is 0 Å². The summed E-state index contributed by atoms with van der Waals surface area (Å²) in [7, 11) is -8.12. The van der Waals surface area contributed by atoms with E-state index >= 15 is 0 Å². The summed E-state index contributed by atoms with van der Waals surface area (Å²) in [6, 6.07) is 5.12. The van der Waals surface area contributed by atoms with Gasteiger partial charge in [0.2, 0.25) is 16.6 Å². The molecule has 0 aromatic rings. The minimum Gasteiger partial charge on any atom is -0.330 e. The Morgan fingerprint density at radius 3 is 1.11 bits per heavy atom. The van der Waals surface area contributed by atoms with Gasteiger partial charge in [0.25, 0.3) is 0 Å². The fourth-order valence-corrected chi connectivity index (χ4v) is 12.9. The van der Waals surface area contributed by atoms with Gasteiger partial charge in [-0.3, -0.25) is 0 Å². The SMILES string of the molecule is CC[Si](CC)(CC)OP(=O)(O)O[Si](CC)(CC)CC. The molecule has 0 atom stereocenters. The molecule has 0 saturated carbocycles. The van der Waals surface area contributed by atoms with Crippen LogP contribution in [0.5, 0.6) is 0 Å². The highest BCUT2D eigenvalue weighted by atomic mass is 31.2. The first-order chi connectivity index (χ1) is 8.78. The summed E-state index contributed by atoms with van der Waals surface area (Å²) >= 11 is 0. The smallest absolute Gasteiger partial charge is 0.330 e. The van der Waals surface area contributed by atoms with E-state index in [0.29, 0.717) is 0 Å². The van der Waals surface area contributed by atoms with E-state index < -0.39 is 24.5 Å². The first kappa shape index (κ1) is 19.5. The van der Waals surface area contributed by atoms with Gasteiger partial charge in [0.05, 0.1) is 0 Å². The molecule has 0 heterocycles. The summed E-state index contributed by atoms with van der Waals surface area (Å²) in [6.07, 6.45) is 0. The van der Waals surface area contributed by atoms with Gasteiger partial charge in [-0.25, -0.2) is 4.57 Å². The lowest BCUT2D eigenvalue weighted by Gasteiger charge is -2.35. The Labute approximate surface area is 120 Å². The van der Waals surface area contributed by atoms with Gasteiger partial charge in [0.15, 0.2) is 0 Å². The summed E-state index contributed by atoms with van der Waals surface area (Å²) < 4.78 is 23.8. The number of hydrogen-bond donors (Lipinski definition) is 1. The standard InChI is InChI=1S/C12H31O4PSi2/c1-7-18(8-2,9-3)15-17(13,14)16-19(10-4,11-5)12-6/h7-12H2,1-6H3,(H,13,14). The highest BCUT2D eigenvalue weighted by Crippen LogP contribution is 2.52. The van der Waals surface area contributed by atoms with E-state index in [-0.39, 0.29) is 0 Å². The van der Waals surface area contributed by atoms with Gasteiger partial charge in [0, 0.05) is 0 Å². The third-order valence-corrected chi connectivity index (χ3v) is 17.2. The molecule has 0 aromatic carbocycles. The summed E-state index contributed by atoms with van der Waals surface area (Å²) in [5.74, 6) is 0. The zero-order valence-corrected chi connectivity index (χ0v) is 16.3. The number of phosphoric acid groups is 1. The Morgan fingerprint density at radius 1 is 0.737 bits per heavy atom. The van der Waals surface area contributed by atoms with Crippen LogP contribution < -0.4 is 0 Å². The van der Waals surface area contributed by atoms with Crippen LogP contribution in [0.2, 0.25) is 36.3 Å². The van der Waals surface area contributed by atoms with E-state index in [9.17, 15) is 9.46 Å². The largest absolute Gasteiger partial charge is 0.452 e. The van der Waals surface area contributed by atoms with Crippen LogP contribution in [-0.4, -0.2) is 21.5 Å². The Bertz CT molecular complexity index is 262. The fraction of sp³-hybridized carbons (Fsp3) is 1.00. The van der Waals surface area contributed by atoms with Crippen molar-refractivity contribution in [3.05, 3.63) is 0 Å². The zero-order valence-electron chi connectivity index (χ0n) is 13.4. The van der Waals surface area contributed by atoms with E-state index in [1.54, 1.807) is 0 Å². The molecule has 0 rings (SSSR count). The lowest BCUT2D eigenvalue weighted by atomic mass is 10.9. The molecule has 0 aromatic heterocycles. The van der Waals surface area contributed by atoms with Gasteiger partial charge in [-0.2, -0.15) is 0 Å². The lowest BCUT2D eigenvalue weighted by Crippen LogP contribution is -2.39. The molecule has 0 spiro atoms. The molecule has 1 N–H and O–H groups in total. The van der Waals surface area contributed by atoms with E-state index in [2.05, 4.69) is 0 Å². The van der Waals surface area contributed by atoms with Gasteiger partial charge < -0.3 is 13.3 Å². The highest BCUT2D eigenvalue weighted by molar-refractivity contribution is 7.51. The van der Waals surface area contributed by atoms with Crippen molar-refractivity contribution in [2.24, 2.45) is 0 Å². The molecular weight excluding hydrogens is 295 g/mol. The first-order valence-electron chi connectivity index (χ1n) is 7.52. The van der Waals surface area contributed by atoms with Crippen molar-refractivity contribution in [3.63, 3.8) is 0 Å². The maximum absolute atomic E-state index is 12.4. The molecule has 0 aliphatic rings. The molecule has 0 aliphatic carbocycles. The minimum absolute atomic E-state index is 0.854. The summed E-state index contributed by atoms with van der Waals surface area (Å²) in [5.41, 5.74) is 0. The third kappa shape index (κ3) is 5.44. The summed E-state index contributed by atoms with van der Waals surface area (Å²) in [4.78, 5) is 10.2. The van der Waals surface area contributed by atoms with Crippen LogP contribution in [0.25, 0.3) is 0 Å². The lowest BCUT2D eigenvalue weighted by molar-refractivity contribution is 0.279. The average Bonchev–Trinajstić information content (AvgIpc) is 2.42. The molecule has 7 heteroatoms. The number of rotatable bonds is 10. The van der Waals surface area contributed by atoms with Crippen molar-refractivity contribution >= 4 is 24.5 Å². The van der Waals surface area contributed by atoms with Crippen molar-refractivity contribution < 1.29 is 17.9 Å². The van der Waals surface area contributed by atoms with Gasteiger partial charge in [-0.15, -0.1) is 0 Å². The topological polar surface area (TPSA) is 55.8 Å². The maximum Gasteiger partial charge on any atom is 0.452 e. The van der Waals surface area contributed by atoms with E-state index in [0.717, 1.165) is 36.3 Å². The van der Waals surface area contributed by atoms with Gasteiger partial charge in [0.1, 0.15) is 0 Å². The van der Waals surface area contributed by atoms with Crippen molar-refractivity contribution in [1.82, 2.24) is 0 Å². The van der Waals surface area contributed by atoms with E-state index in [1.165, 1.54) is 0 Å². The minimum atomic E-state index is -3.91. The molecule has 0 radical (unpaired) electrons. The van der Waals surface area contributed by atoms with E-state index in [4.69, 9.17) is 8.43 Å². The van der Waals surface area contributed by atoms with Crippen molar-refractivity contribution in [3.8, 4) is 0 Å². The first-order valence-corrected chi connectivity index (χ1v) is 14.1. The monoisotopic (exact) mass is 326 g/mol. The Hall–Kier alpha value is 0.544. The summed E-state index contributed by atoms with van der Waals surface area (Å²) in [6.45, 7) is 12.3. The molecule has 0 aliphatic heterocycles. The predicted octanol–water partition coefficient (Wildman–Crippen LogP) is 5.13. The normalized spacial score (nSPS) is 13.8. The molecule has 116 valence electrons. The van der Waals surface area contributed by atoms with Crippen LogP contribution in [-0.2, 0) is 13.0 Å². The van der Waals surface area contributed by atoms with Crippen LogP contribution in [0.1, 0.15) is 41.5 Å². The maximum atomic E-state index is 12.4. The van der Waals surface area contributed by atoms with E-state index in [1.807, 2.05) is 41.5 Å². The molecule has 0 amide bonds. The molecule has 0 fully saturated rings. The zero-order chi connectivity index (χ0) is 15.2. The van der Waals surface area contributed by atoms with Crippen LogP contribution in [0.3, 0.4) is 0 Å². The summed E-state index contributed by atoms with van der Waals surface area (Å²) in [5, 5.41) is 0. The predicted molar refractivity (Wildman–Crippen MR) is 86.4 cm³/mol. The Kier molecular flexibility index (Phi) is 8.33. The molecule has 4 nitrogen and oxygen atoms in total. The molecule has 0 bridgehead atoms. The second-order valence-electron chi connectivity index (χ2n) is 5.14. The van der Waals surface area contributed by atoms with Crippen molar-refractivity contribution in [2.45, 2.75) is 77.8 Å². The van der Waals surface area contributed by atoms with Gasteiger partial charge >= 0.3 is 7.82 Å². The van der Waals surface area contributed by atoms with Gasteiger partial charge in [-0.05, 0) is 36.3 Å².